The molecule has 0 N–H and O–H groups in total. The van der Waals surface area contributed by atoms with Crippen molar-refractivity contribution < 1.29 is 4.39 Å². The van der Waals surface area contributed by atoms with Crippen molar-refractivity contribution in [3.63, 3.8) is 0 Å². The summed E-state index contributed by atoms with van der Waals surface area (Å²) in [6.45, 7) is 6.71. The van der Waals surface area contributed by atoms with Crippen molar-refractivity contribution in [2.24, 2.45) is 4.99 Å². The van der Waals surface area contributed by atoms with Crippen LogP contribution in [0.5, 0.6) is 0 Å². The third-order valence-corrected chi connectivity index (χ3v) is 0.689. The van der Waals surface area contributed by atoms with E-state index in [2.05, 4.69) is 11.6 Å². The molecular formula is C7H10FN. The van der Waals surface area contributed by atoms with Gasteiger partial charge in [0.15, 0.2) is 0 Å². The van der Waals surface area contributed by atoms with Gasteiger partial charge >= 0.3 is 0 Å². The maximum atomic E-state index is 12.3. The number of halogens is 1. The molecule has 0 atom stereocenters. The highest BCUT2D eigenvalue weighted by atomic mass is 19.1. The Labute approximate surface area is 54.6 Å². The van der Waals surface area contributed by atoms with Crippen molar-refractivity contribution in [1.29, 1.82) is 0 Å². The van der Waals surface area contributed by atoms with E-state index in [1.54, 1.807) is 19.9 Å². The standard InChI is InChI=1S/C7H10FN/c1-4-5-9-7(8)6(2)3/h4-5H,2H2,1,3H3/b5-4-,9-7?. The average Bonchev–Trinajstić information content (AvgIpc) is 1.82. The molecule has 0 spiro atoms. The van der Waals surface area contributed by atoms with Crippen LogP contribution in [0.4, 0.5) is 4.39 Å². The van der Waals surface area contributed by atoms with Crippen molar-refractivity contribution in [2.45, 2.75) is 13.8 Å². The van der Waals surface area contributed by atoms with Crippen LogP contribution in [0.25, 0.3) is 0 Å². The third kappa shape index (κ3) is 3.64. The highest BCUT2D eigenvalue weighted by Crippen LogP contribution is 1.94. The second kappa shape index (κ2) is 4.01. The number of hydrogen-bond donors (Lipinski definition) is 0. The summed E-state index contributed by atoms with van der Waals surface area (Å²) in [5, 5.41) is 0. The van der Waals surface area contributed by atoms with Gasteiger partial charge in [-0.3, -0.25) is 0 Å². The van der Waals surface area contributed by atoms with E-state index in [9.17, 15) is 4.39 Å². The minimum Gasteiger partial charge on any atom is -0.228 e. The van der Waals surface area contributed by atoms with Crippen LogP contribution in [0.3, 0.4) is 0 Å². The van der Waals surface area contributed by atoms with E-state index in [0.717, 1.165) is 0 Å². The van der Waals surface area contributed by atoms with Crippen molar-refractivity contribution in [3.8, 4) is 0 Å². The lowest BCUT2D eigenvalue weighted by molar-refractivity contribution is 0.803. The second-order valence-electron chi connectivity index (χ2n) is 1.68. The first-order valence-electron chi connectivity index (χ1n) is 2.69. The molecule has 0 aliphatic rings. The smallest absolute Gasteiger partial charge is 0.215 e. The number of nitrogens with zero attached hydrogens (tertiary/aromatic N) is 1. The highest BCUT2D eigenvalue weighted by Gasteiger charge is 1.91. The fraction of sp³-hybridized carbons (Fsp3) is 0.286. The van der Waals surface area contributed by atoms with E-state index < -0.39 is 5.97 Å². The van der Waals surface area contributed by atoms with Crippen LogP contribution in [0.1, 0.15) is 13.8 Å². The molecule has 0 aromatic rings. The first kappa shape index (κ1) is 8.08. The van der Waals surface area contributed by atoms with Crippen LogP contribution in [0, 0.1) is 0 Å². The van der Waals surface area contributed by atoms with E-state index in [4.69, 9.17) is 0 Å². The Hall–Kier alpha value is -0.920. The zero-order chi connectivity index (χ0) is 7.28. The highest BCUT2D eigenvalue weighted by molar-refractivity contribution is 5.91. The number of aliphatic imine (C=N–C) groups is 1. The van der Waals surface area contributed by atoms with Gasteiger partial charge in [0.05, 0.1) is 0 Å². The minimum absolute atomic E-state index is 0.355. The molecule has 0 aliphatic heterocycles. The summed E-state index contributed by atoms with van der Waals surface area (Å²) in [7, 11) is 0. The number of hydrogen-bond acceptors (Lipinski definition) is 1. The van der Waals surface area contributed by atoms with E-state index in [1.165, 1.54) is 6.20 Å². The van der Waals surface area contributed by atoms with Crippen LogP contribution in [-0.2, 0) is 0 Å². The summed E-state index contributed by atoms with van der Waals surface area (Å²) in [4.78, 5) is 3.41. The lowest BCUT2D eigenvalue weighted by Gasteiger charge is -1.86. The molecule has 9 heavy (non-hydrogen) atoms. The molecule has 0 aliphatic carbocycles. The first-order valence-corrected chi connectivity index (χ1v) is 2.69. The molecule has 0 saturated heterocycles. The maximum Gasteiger partial charge on any atom is 0.215 e. The Morgan fingerprint density at radius 2 is 2.22 bits per heavy atom. The molecule has 0 aromatic heterocycles. The molecule has 50 valence electrons. The van der Waals surface area contributed by atoms with E-state index in [1.807, 2.05) is 0 Å². The fourth-order valence-corrected chi connectivity index (χ4v) is 0.250. The van der Waals surface area contributed by atoms with E-state index in [0.29, 0.717) is 5.57 Å². The third-order valence-electron chi connectivity index (χ3n) is 0.689. The predicted molar refractivity (Wildman–Crippen MR) is 38.2 cm³/mol. The van der Waals surface area contributed by atoms with Gasteiger partial charge in [0, 0.05) is 6.20 Å². The van der Waals surface area contributed by atoms with E-state index >= 15 is 0 Å². The maximum absolute atomic E-state index is 12.3. The monoisotopic (exact) mass is 127 g/mol. The first-order chi connectivity index (χ1) is 4.18. The summed E-state index contributed by atoms with van der Waals surface area (Å²) < 4.78 is 12.3. The molecule has 0 fully saturated rings. The second-order valence-corrected chi connectivity index (χ2v) is 1.68. The van der Waals surface area contributed by atoms with Crippen LogP contribution < -0.4 is 0 Å². The minimum atomic E-state index is -0.506. The molecule has 0 saturated carbocycles. The van der Waals surface area contributed by atoms with Crippen LogP contribution in [0.15, 0.2) is 29.4 Å². The van der Waals surface area contributed by atoms with Gasteiger partial charge in [-0.1, -0.05) is 12.7 Å². The Kier molecular flexibility index (Phi) is 3.60. The molecule has 0 radical (unpaired) electrons. The zero-order valence-electron chi connectivity index (χ0n) is 5.69. The Morgan fingerprint density at radius 3 is 2.56 bits per heavy atom. The van der Waals surface area contributed by atoms with Gasteiger partial charge in [0.2, 0.25) is 5.97 Å². The molecule has 0 bridgehead atoms. The molecular weight excluding hydrogens is 117 g/mol. The van der Waals surface area contributed by atoms with E-state index in [-0.39, 0.29) is 0 Å². The number of rotatable bonds is 2. The lowest BCUT2D eigenvalue weighted by Crippen LogP contribution is -1.85. The summed E-state index contributed by atoms with van der Waals surface area (Å²) in [6, 6.07) is 0. The summed E-state index contributed by atoms with van der Waals surface area (Å²) in [5.74, 6) is -0.506. The Balaban J connectivity index is 4.00. The summed E-state index contributed by atoms with van der Waals surface area (Å²) in [5.41, 5.74) is 0.355. The molecule has 0 amide bonds. The predicted octanol–water partition coefficient (Wildman–Crippen LogP) is 2.46. The van der Waals surface area contributed by atoms with Crippen molar-refractivity contribution in [3.05, 3.63) is 24.4 Å². The number of allylic oxidation sites excluding steroid dienone is 2. The quantitative estimate of drug-likeness (QED) is 0.505. The molecule has 1 nitrogen and oxygen atoms in total. The van der Waals surface area contributed by atoms with Gasteiger partial charge in [-0.05, 0) is 19.4 Å². The Morgan fingerprint density at radius 1 is 1.67 bits per heavy atom. The summed E-state index contributed by atoms with van der Waals surface area (Å²) in [6.07, 6.45) is 3.05. The van der Waals surface area contributed by atoms with Gasteiger partial charge in [-0.15, -0.1) is 0 Å². The normalized spacial score (nSPS) is 12.6. The Bertz CT molecular complexity index is 156. The topological polar surface area (TPSA) is 12.4 Å². The van der Waals surface area contributed by atoms with Gasteiger partial charge in [-0.25, -0.2) is 4.99 Å². The SMILES string of the molecule is C=C(C)C(F)=N/C=C\C. The van der Waals surface area contributed by atoms with Crippen LogP contribution in [-0.4, -0.2) is 5.97 Å². The fourth-order valence-electron chi connectivity index (χ4n) is 0.250. The van der Waals surface area contributed by atoms with Gasteiger partial charge in [-0.2, -0.15) is 4.39 Å². The van der Waals surface area contributed by atoms with Crippen LogP contribution in [0.2, 0.25) is 0 Å². The van der Waals surface area contributed by atoms with Gasteiger partial charge in [0.25, 0.3) is 0 Å². The zero-order valence-corrected chi connectivity index (χ0v) is 5.69. The molecule has 0 rings (SSSR count). The molecule has 0 unspecified atom stereocenters. The van der Waals surface area contributed by atoms with Crippen molar-refractivity contribution >= 4 is 5.97 Å². The lowest BCUT2D eigenvalue weighted by atomic mass is 10.4. The van der Waals surface area contributed by atoms with Crippen molar-refractivity contribution in [1.82, 2.24) is 0 Å². The molecule has 0 aromatic carbocycles. The van der Waals surface area contributed by atoms with Gasteiger partial charge < -0.3 is 0 Å². The largest absolute Gasteiger partial charge is 0.228 e. The average molecular weight is 127 g/mol. The molecule has 0 heterocycles. The molecule has 2 heteroatoms. The summed E-state index contributed by atoms with van der Waals surface area (Å²) >= 11 is 0. The van der Waals surface area contributed by atoms with Crippen molar-refractivity contribution in [2.75, 3.05) is 0 Å². The van der Waals surface area contributed by atoms with Crippen LogP contribution >= 0.6 is 0 Å². The van der Waals surface area contributed by atoms with Gasteiger partial charge in [0.1, 0.15) is 0 Å².